The maximum Gasteiger partial charge on any atom is 0.318 e. The van der Waals surface area contributed by atoms with Crippen molar-refractivity contribution in [3.05, 3.63) is 29.5 Å². The second-order valence-electron chi connectivity index (χ2n) is 7.28. The molecule has 30 heavy (non-hydrogen) atoms. The molecule has 1 aromatic carbocycles. The number of aryl methyl sites for hydroxylation is 1. The number of hydrogen-bond donors (Lipinski definition) is 2. The molecule has 2 aromatic rings. The lowest BCUT2D eigenvalue weighted by Gasteiger charge is -2.18. The zero-order chi connectivity index (χ0) is 21.5. The fourth-order valence-electron chi connectivity index (χ4n) is 3.44. The molecule has 1 heterocycles. The predicted octanol–water partition coefficient (Wildman–Crippen LogP) is 4.08. The molecule has 8 nitrogen and oxygen atoms in total. The Labute approximate surface area is 177 Å². The molecule has 1 aliphatic carbocycles. The normalized spacial score (nSPS) is 13.7. The molecule has 0 unspecified atom stereocenters. The van der Waals surface area contributed by atoms with Crippen molar-refractivity contribution in [2.75, 3.05) is 24.9 Å². The van der Waals surface area contributed by atoms with Crippen molar-refractivity contribution in [2.45, 2.75) is 58.6 Å². The standard InChI is InChI=1S/C22H30N4O4/c1-5-19(27)25-20-14(2)24-22(29-4)26-21(20)23-13-15-10-11-17(28-3)18(12-15)30-16-8-6-7-9-16/h10-12,16H,5-9,13H2,1-4H3,(H,25,27)(H,23,24,26). The molecule has 0 atom stereocenters. The lowest BCUT2D eigenvalue weighted by molar-refractivity contribution is -0.115. The minimum absolute atomic E-state index is 0.105. The van der Waals surface area contributed by atoms with Gasteiger partial charge >= 0.3 is 6.01 Å². The van der Waals surface area contributed by atoms with E-state index in [4.69, 9.17) is 14.2 Å². The monoisotopic (exact) mass is 414 g/mol. The molecule has 0 spiro atoms. The highest BCUT2D eigenvalue weighted by Crippen LogP contribution is 2.33. The summed E-state index contributed by atoms with van der Waals surface area (Å²) in [5.74, 6) is 1.88. The van der Waals surface area contributed by atoms with Gasteiger partial charge in [-0.15, -0.1) is 0 Å². The first-order chi connectivity index (χ1) is 14.5. The Hall–Kier alpha value is -3.03. The third-order valence-corrected chi connectivity index (χ3v) is 5.12. The highest BCUT2D eigenvalue weighted by Gasteiger charge is 2.19. The van der Waals surface area contributed by atoms with Crippen LogP contribution in [0.25, 0.3) is 0 Å². The van der Waals surface area contributed by atoms with Crippen molar-refractivity contribution in [2.24, 2.45) is 0 Å². The van der Waals surface area contributed by atoms with Gasteiger partial charge in [-0.3, -0.25) is 4.79 Å². The first-order valence-electron chi connectivity index (χ1n) is 10.3. The lowest BCUT2D eigenvalue weighted by atomic mass is 10.2. The molecule has 1 aromatic heterocycles. The number of benzene rings is 1. The largest absolute Gasteiger partial charge is 0.493 e. The van der Waals surface area contributed by atoms with E-state index in [0.717, 1.165) is 29.9 Å². The van der Waals surface area contributed by atoms with Crippen LogP contribution in [0, 0.1) is 6.92 Å². The van der Waals surface area contributed by atoms with E-state index in [1.165, 1.54) is 20.0 Å². The number of aromatic nitrogens is 2. The predicted molar refractivity (Wildman–Crippen MR) is 115 cm³/mol. The Morgan fingerprint density at radius 1 is 1.13 bits per heavy atom. The molecule has 1 saturated carbocycles. The van der Waals surface area contributed by atoms with Gasteiger partial charge < -0.3 is 24.8 Å². The topological polar surface area (TPSA) is 94.6 Å². The molecular formula is C22H30N4O4. The Balaban J connectivity index is 1.80. The van der Waals surface area contributed by atoms with E-state index in [1.807, 2.05) is 25.1 Å². The van der Waals surface area contributed by atoms with E-state index in [0.29, 0.717) is 30.2 Å². The summed E-state index contributed by atoms with van der Waals surface area (Å²) < 4.78 is 16.8. The quantitative estimate of drug-likeness (QED) is 0.638. The van der Waals surface area contributed by atoms with E-state index >= 15 is 0 Å². The van der Waals surface area contributed by atoms with Gasteiger partial charge in [0.25, 0.3) is 0 Å². The summed E-state index contributed by atoms with van der Waals surface area (Å²) in [5, 5.41) is 6.16. The first kappa shape index (κ1) is 21.7. The number of carbonyl (C=O) groups excluding carboxylic acids is 1. The minimum Gasteiger partial charge on any atom is -0.493 e. The average Bonchev–Trinajstić information content (AvgIpc) is 3.27. The smallest absolute Gasteiger partial charge is 0.318 e. The van der Waals surface area contributed by atoms with Crippen LogP contribution in [0.3, 0.4) is 0 Å². The van der Waals surface area contributed by atoms with Gasteiger partial charge in [0.1, 0.15) is 5.69 Å². The zero-order valence-corrected chi connectivity index (χ0v) is 18.1. The maximum absolute atomic E-state index is 11.9. The molecule has 1 amide bonds. The van der Waals surface area contributed by atoms with Crippen LogP contribution in [-0.2, 0) is 11.3 Å². The van der Waals surface area contributed by atoms with Crippen molar-refractivity contribution >= 4 is 17.4 Å². The summed E-state index contributed by atoms with van der Waals surface area (Å²) in [6, 6.07) is 6.11. The molecular weight excluding hydrogens is 384 g/mol. The summed E-state index contributed by atoms with van der Waals surface area (Å²) in [4.78, 5) is 20.6. The number of anilines is 2. The highest BCUT2D eigenvalue weighted by molar-refractivity contribution is 5.94. The molecule has 0 saturated heterocycles. The molecule has 1 aliphatic rings. The first-order valence-corrected chi connectivity index (χ1v) is 10.3. The number of carbonyl (C=O) groups is 1. The number of nitrogens with zero attached hydrogens (tertiary/aromatic N) is 2. The van der Waals surface area contributed by atoms with E-state index in [2.05, 4.69) is 20.6 Å². The van der Waals surface area contributed by atoms with Crippen LogP contribution in [0.2, 0.25) is 0 Å². The van der Waals surface area contributed by atoms with Crippen LogP contribution >= 0.6 is 0 Å². The Morgan fingerprint density at radius 3 is 2.57 bits per heavy atom. The number of amides is 1. The third kappa shape index (κ3) is 5.31. The summed E-state index contributed by atoms with van der Waals surface area (Å²) in [7, 11) is 3.16. The molecule has 162 valence electrons. The Bertz CT molecular complexity index is 882. The van der Waals surface area contributed by atoms with E-state index in [1.54, 1.807) is 14.0 Å². The number of ether oxygens (including phenoxy) is 3. The second kappa shape index (κ2) is 10.1. The molecule has 0 radical (unpaired) electrons. The van der Waals surface area contributed by atoms with Gasteiger partial charge in [0, 0.05) is 13.0 Å². The van der Waals surface area contributed by atoms with Crippen molar-refractivity contribution in [1.82, 2.24) is 9.97 Å². The van der Waals surface area contributed by atoms with Crippen molar-refractivity contribution < 1.29 is 19.0 Å². The van der Waals surface area contributed by atoms with Gasteiger partial charge in [-0.05, 0) is 50.3 Å². The number of rotatable bonds is 9. The van der Waals surface area contributed by atoms with Crippen molar-refractivity contribution in [1.29, 1.82) is 0 Å². The molecule has 3 rings (SSSR count). The second-order valence-corrected chi connectivity index (χ2v) is 7.28. The summed E-state index contributed by atoms with van der Waals surface area (Å²) in [6.45, 7) is 4.09. The van der Waals surface area contributed by atoms with Crippen molar-refractivity contribution in [3.8, 4) is 17.5 Å². The van der Waals surface area contributed by atoms with E-state index in [9.17, 15) is 4.79 Å². The average molecular weight is 415 g/mol. The maximum atomic E-state index is 11.9. The molecule has 1 fully saturated rings. The summed E-state index contributed by atoms with van der Waals surface area (Å²) >= 11 is 0. The molecule has 0 aliphatic heterocycles. The van der Waals surface area contributed by atoms with Crippen LogP contribution < -0.4 is 24.8 Å². The van der Waals surface area contributed by atoms with Gasteiger partial charge in [0.2, 0.25) is 5.91 Å². The fraction of sp³-hybridized carbons (Fsp3) is 0.500. The van der Waals surface area contributed by atoms with Crippen LogP contribution in [0.1, 0.15) is 50.3 Å². The molecule has 0 bridgehead atoms. The third-order valence-electron chi connectivity index (χ3n) is 5.12. The Kier molecular flexibility index (Phi) is 7.32. The molecule has 8 heteroatoms. The summed E-state index contributed by atoms with van der Waals surface area (Å²) in [5.41, 5.74) is 2.19. The number of methoxy groups -OCH3 is 2. The minimum atomic E-state index is -0.105. The van der Waals surface area contributed by atoms with Crippen molar-refractivity contribution in [3.63, 3.8) is 0 Å². The van der Waals surface area contributed by atoms with Gasteiger partial charge in [0.15, 0.2) is 17.3 Å². The fourth-order valence-corrected chi connectivity index (χ4v) is 3.44. The van der Waals surface area contributed by atoms with Gasteiger partial charge in [-0.2, -0.15) is 9.97 Å². The van der Waals surface area contributed by atoms with Crippen LogP contribution in [-0.4, -0.2) is 36.2 Å². The van der Waals surface area contributed by atoms with Crippen LogP contribution in [0.15, 0.2) is 18.2 Å². The van der Waals surface area contributed by atoms with Gasteiger partial charge in [-0.25, -0.2) is 0 Å². The van der Waals surface area contributed by atoms with Crippen LogP contribution in [0.4, 0.5) is 11.5 Å². The van der Waals surface area contributed by atoms with E-state index in [-0.39, 0.29) is 18.0 Å². The SMILES string of the molecule is CCC(=O)Nc1c(C)nc(OC)nc1NCc1ccc(OC)c(OC2CCCC2)c1. The highest BCUT2D eigenvalue weighted by atomic mass is 16.5. The number of nitrogens with one attached hydrogen (secondary N) is 2. The number of hydrogen-bond acceptors (Lipinski definition) is 7. The molecule has 2 N–H and O–H groups in total. The lowest BCUT2D eigenvalue weighted by Crippen LogP contribution is -2.15. The van der Waals surface area contributed by atoms with Crippen LogP contribution in [0.5, 0.6) is 17.5 Å². The van der Waals surface area contributed by atoms with Gasteiger partial charge in [-0.1, -0.05) is 13.0 Å². The van der Waals surface area contributed by atoms with Gasteiger partial charge in [0.05, 0.1) is 26.0 Å². The zero-order valence-electron chi connectivity index (χ0n) is 18.1. The summed E-state index contributed by atoms with van der Waals surface area (Å²) in [6.07, 6.45) is 5.17. The Morgan fingerprint density at radius 2 is 1.90 bits per heavy atom. The van der Waals surface area contributed by atoms with E-state index < -0.39 is 0 Å².